The summed E-state index contributed by atoms with van der Waals surface area (Å²) in [7, 11) is 0. The Morgan fingerprint density at radius 2 is 2.28 bits per heavy atom. The topological polar surface area (TPSA) is 64.3 Å². The van der Waals surface area contributed by atoms with Crippen LogP contribution in [0.1, 0.15) is 33.1 Å². The van der Waals surface area contributed by atoms with E-state index in [0.717, 1.165) is 18.5 Å². The number of hydrogen-bond acceptors (Lipinski definition) is 3. The van der Waals surface area contributed by atoms with Crippen LogP contribution in [0, 0.1) is 0 Å². The predicted octanol–water partition coefficient (Wildman–Crippen LogP) is 2.80. The lowest BCUT2D eigenvalue weighted by molar-refractivity contribution is -0.117. The van der Waals surface area contributed by atoms with Gasteiger partial charge in [0.25, 0.3) is 0 Å². The number of anilines is 2. The van der Waals surface area contributed by atoms with Crippen LogP contribution >= 0.6 is 0 Å². The first kappa shape index (κ1) is 14.5. The van der Waals surface area contributed by atoms with E-state index in [-0.39, 0.29) is 12.0 Å². The van der Waals surface area contributed by atoms with Crippen LogP contribution in [0.3, 0.4) is 0 Å². The highest BCUT2D eigenvalue weighted by Crippen LogP contribution is 2.12. The quantitative estimate of drug-likeness (QED) is 0.731. The van der Waals surface area contributed by atoms with Crippen molar-refractivity contribution < 1.29 is 9.53 Å². The number of nitrogens with one attached hydrogen (secondary N) is 1. The molecule has 0 bridgehead atoms. The number of nitrogen functional groups attached to an aromatic ring is 1. The molecule has 0 saturated heterocycles. The van der Waals surface area contributed by atoms with Gasteiger partial charge in [0.1, 0.15) is 0 Å². The molecule has 1 amide bonds. The van der Waals surface area contributed by atoms with Gasteiger partial charge < -0.3 is 15.8 Å². The number of ether oxygens (including phenoxy) is 1. The van der Waals surface area contributed by atoms with Gasteiger partial charge >= 0.3 is 0 Å². The van der Waals surface area contributed by atoms with E-state index >= 15 is 0 Å². The summed E-state index contributed by atoms with van der Waals surface area (Å²) in [6, 6.07) is 7.14. The normalized spacial score (nSPS) is 12.1. The van der Waals surface area contributed by atoms with Gasteiger partial charge in [0, 0.05) is 11.4 Å². The Morgan fingerprint density at radius 1 is 1.50 bits per heavy atom. The molecule has 0 aliphatic carbocycles. The minimum Gasteiger partial charge on any atom is -0.399 e. The first-order chi connectivity index (χ1) is 8.61. The lowest BCUT2D eigenvalue weighted by atomic mass is 10.2. The van der Waals surface area contributed by atoms with E-state index in [1.165, 1.54) is 0 Å². The number of benzene rings is 1. The van der Waals surface area contributed by atoms with Crippen molar-refractivity contribution >= 4 is 17.3 Å². The number of carbonyl (C=O) groups excluding carboxylic acids is 1. The van der Waals surface area contributed by atoms with E-state index in [0.29, 0.717) is 18.7 Å². The monoisotopic (exact) mass is 250 g/mol. The van der Waals surface area contributed by atoms with Crippen LogP contribution in [-0.2, 0) is 9.53 Å². The molecular weight excluding hydrogens is 228 g/mol. The number of carbonyl (C=O) groups is 1. The zero-order valence-corrected chi connectivity index (χ0v) is 11.1. The van der Waals surface area contributed by atoms with E-state index in [9.17, 15) is 4.79 Å². The molecule has 0 saturated carbocycles. The average Bonchev–Trinajstić information content (AvgIpc) is 2.29. The van der Waals surface area contributed by atoms with Crippen LogP contribution in [0.5, 0.6) is 0 Å². The van der Waals surface area contributed by atoms with E-state index in [1.807, 2.05) is 19.1 Å². The van der Waals surface area contributed by atoms with Gasteiger partial charge in [-0.05, 0) is 31.5 Å². The molecule has 1 rings (SSSR count). The number of nitrogens with two attached hydrogens (primary N) is 1. The Morgan fingerprint density at radius 3 is 2.94 bits per heavy atom. The van der Waals surface area contributed by atoms with Crippen molar-refractivity contribution in [1.29, 1.82) is 0 Å². The maximum absolute atomic E-state index is 11.6. The van der Waals surface area contributed by atoms with E-state index in [1.54, 1.807) is 12.1 Å². The smallest absolute Gasteiger partial charge is 0.226 e. The Balaban J connectivity index is 2.25. The summed E-state index contributed by atoms with van der Waals surface area (Å²) >= 11 is 0. The second-order valence-electron chi connectivity index (χ2n) is 4.39. The Bertz CT molecular complexity index is 380. The zero-order chi connectivity index (χ0) is 13.4. The number of rotatable bonds is 7. The van der Waals surface area contributed by atoms with Gasteiger partial charge in [-0.3, -0.25) is 4.79 Å². The largest absolute Gasteiger partial charge is 0.399 e. The van der Waals surface area contributed by atoms with Gasteiger partial charge in [0.2, 0.25) is 5.91 Å². The van der Waals surface area contributed by atoms with Crippen molar-refractivity contribution in [3.63, 3.8) is 0 Å². The van der Waals surface area contributed by atoms with Crippen molar-refractivity contribution in [2.75, 3.05) is 17.7 Å². The van der Waals surface area contributed by atoms with Crippen LogP contribution in [0.4, 0.5) is 11.4 Å². The SMILES string of the molecule is CCCC(C)OCCC(=O)Nc1cccc(N)c1. The minimum atomic E-state index is -0.0516. The zero-order valence-electron chi connectivity index (χ0n) is 11.1. The first-order valence-corrected chi connectivity index (χ1v) is 6.38. The molecule has 0 spiro atoms. The van der Waals surface area contributed by atoms with Crippen LogP contribution < -0.4 is 11.1 Å². The number of hydrogen-bond donors (Lipinski definition) is 2. The molecule has 1 aromatic carbocycles. The van der Waals surface area contributed by atoms with Gasteiger partial charge in [-0.2, -0.15) is 0 Å². The highest BCUT2D eigenvalue weighted by molar-refractivity contribution is 5.91. The molecule has 100 valence electrons. The third-order valence-electron chi connectivity index (χ3n) is 2.60. The second-order valence-corrected chi connectivity index (χ2v) is 4.39. The Labute approximate surface area is 109 Å². The lowest BCUT2D eigenvalue weighted by Gasteiger charge is -2.11. The number of amides is 1. The molecule has 0 radical (unpaired) electrons. The molecule has 0 heterocycles. The van der Waals surface area contributed by atoms with Gasteiger partial charge in [0.15, 0.2) is 0 Å². The van der Waals surface area contributed by atoms with Gasteiger partial charge in [-0.15, -0.1) is 0 Å². The maximum Gasteiger partial charge on any atom is 0.226 e. The third kappa shape index (κ3) is 5.68. The van der Waals surface area contributed by atoms with Crippen LogP contribution in [0.25, 0.3) is 0 Å². The third-order valence-corrected chi connectivity index (χ3v) is 2.60. The molecule has 4 heteroatoms. The summed E-state index contributed by atoms with van der Waals surface area (Å²) in [5, 5.41) is 2.79. The highest BCUT2D eigenvalue weighted by Gasteiger charge is 2.05. The van der Waals surface area contributed by atoms with E-state index in [4.69, 9.17) is 10.5 Å². The maximum atomic E-state index is 11.6. The summed E-state index contributed by atoms with van der Waals surface area (Å²) in [5.74, 6) is -0.0516. The average molecular weight is 250 g/mol. The summed E-state index contributed by atoms with van der Waals surface area (Å²) < 4.78 is 5.53. The first-order valence-electron chi connectivity index (χ1n) is 6.38. The van der Waals surface area contributed by atoms with Crippen LogP contribution in [0.15, 0.2) is 24.3 Å². The molecule has 18 heavy (non-hydrogen) atoms. The Hall–Kier alpha value is -1.55. The molecule has 0 aromatic heterocycles. The minimum absolute atomic E-state index is 0.0516. The van der Waals surface area contributed by atoms with Crippen molar-refractivity contribution in [3.05, 3.63) is 24.3 Å². The molecule has 0 aliphatic rings. The fraction of sp³-hybridized carbons (Fsp3) is 0.500. The van der Waals surface area contributed by atoms with Gasteiger partial charge in [0.05, 0.1) is 19.1 Å². The highest BCUT2D eigenvalue weighted by atomic mass is 16.5. The molecule has 0 fully saturated rings. The molecule has 4 nitrogen and oxygen atoms in total. The van der Waals surface area contributed by atoms with Crippen molar-refractivity contribution in [2.45, 2.75) is 39.2 Å². The summed E-state index contributed by atoms with van der Waals surface area (Å²) in [5.41, 5.74) is 6.99. The second kappa shape index (κ2) is 7.71. The molecule has 3 N–H and O–H groups in total. The Kier molecular flexibility index (Phi) is 6.22. The summed E-state index contributed by atoms with van der Waals surface area (Å²) in [6.07, 6.45) is 2.70. The predicted molar refractivity (Wildman–Crippen MR) is 74.4 cm³/mol. The fourth-order valence-corrected chi connectivity index (χ4v) is 1.68. The van der Waals surface area contributed by atoms with E-state index in [2.05, 4.69) is 12.2 Å². The van der Waals surface area contributed by atoms with Crippen molar-refractivity contribution in [1.82, 2.24) is 0 Å². The van der Waals surface area contributed by atoms with E-state index < -0.39 is 0 Å². The molecule has 1 atom stereocenters. The molecule has 0 aliphatic heterocycles. The van der Waals surface area contributed by atoms with Crippen LogP contribution in [-0.4, -0.2) is 18.6 Å². The van der Waals surface area contributed by atoms with Gasteiger partial charge in [-0.1, -0.05) is 19.4 Å². The lowest BCUT2D eigenvalue weighted by Crippen LogP contribution is -2.17. The van der Waals surface area contributed by atoms with Crippen LogP contribution in [0.2, 0.25) is 0 Å². The molecule has 1 aromatic rings. The summed E-state index contributed by atoms with van der Waals surface area (Å²) in [6.45, 7) is 4.60. The van der Waals surface area contributed by atoms with Crippen molar-refractivity contribution in [3.8, 4) is 0 Å². The van der Waals surface area contributed by atoms with Crippen molar-refractivity contribution in [2.24, 2.45) is 0 Å². The van der Waals surface area contributed by atoms with Gasteiger partial charge in [-0.25, -0.2) is 0 Å². The standard InChI is InChI=1S/C14H22N2O2/c1-3-5-11(2)18-9-8-14(17)16-13-7-4-6-12(15)10-13/h4,6-7,10-11H,3,5,8-9,15H2,1-2H3,(H,16,17). The summed E-state index contributed by atoms with van der Waals surface area (Å²) in [4.78, 5) is 11.6. The molecule has 1 unspecified atom stereocenters. The fourth-order valence-electron chi connectivity index (χ4n) is 1.68. The molecular formula is C14H22N2O2.